The molecule has 1 heterocycles. The van der Waals surface area contributed by atoms with Gasteiger partial charge in [-0.15, -0.1) is 11.8 Å². The van der Waals surface area contributed by atoms with E-state index in [1.807, 2.05) is 26.1 Å². The SMILES string of the molecule is CNCc1ccc([C@@H](C)NC(=O)CSC2NC(=O)NCC2C)cc1. The number of hydrogen-bond acceptors (Lipinski definition) is 4. The standard InChI is InChI=1S/C17H26N4O2S/c1-11-8-19-17(23)21-16(11)24-10-15(22)20-12(2)14-6-4-13(5-7-14)9-18-3/h4-7,11-12,16,18H,8-10H2,1-3H3,(H,20,22)(H2,19,21,23)/t11?,12-,16?/m1/s1. The molecule has 2 rings (SSSR count). The lowest BCUT2D eigenvalue weighted by Crippen LogP contribution is -2.53. The summed E-state index contributed by atoms with van der Waals surface area (Å²) in [7, 11) is 1.92. The molecule has 0 saturated carbocycles. The third-order valence-corrected chi connectivity index (χ3v) is 5.38. The van der Waals surface area contributed by atoms with Crippen molar-refractivity contribution in [3.05, 3.63) is 35.4 Å². The number of amides is 3. The maximum absolute atomic E-state index is 12.2. The van der Waals surface area contributed by atoms with Crippen LogP contribution in [0.15, 0.2) is 24.3 Å². The Labute approximate surface area is 147 Å². The lowest BCUT2D eigenvalue weighted by Gasteiger charge is -2.29. The molecule has 24 heavy (non-hydrogen) atoms. The van der Waals surface area contributed by atoms with E-state index in [1.165, 1.54) is 17.3 Å². The van der Waals surface area contributed by atoms with Crippen molar-refractivity contribution in [1.29, 1.82) is 0 Å². The fraction of sp³-hybridized carbons (Fsp3) is 0.529. The summed E-state index contributed by atoms with van der Waals surface area (Å²) in [5, 5.41) is 11.7. The van der Waals surface area contributed by atoms with Crippen molar-refractivity contribution in [2.24, 2.45) is 5.92 Å². The monoisotopic (exact) mass is 350 g/mol. The first kappa shape index (κ1) is 18.6. The van der Waals surface area contributed by atoms with Crippen molar-refractivity contribution in [3.63, 3.8) is 0 Å². The van der Waals surface area contributed by atoms with Crippen LogP contribution in [-0.4, -0.2) is 36.7 Å². The van der Waals surface area contributed by atoms with Crippen molar-refractivity contribution >= 4 is 23.7 Å². The number of carbonyl (C=O) groups is 2. The van der Waals surface area contributed by atoms with Gasteiger partial charge >= 0.3 is 6.03 Å². The van der Waals surface area contributed by atoms with Crippen LogP contribution in [0.4, 0.5) is 4.79 Å². The number of carbonyl (C=O) groups excluding carboxylic acids is 2. The number of rotatable bonds is 7. The van der Waals surface area contributed by atoms with E-state index >= 15 is 0 Å². The van der Waals surface area contributed by atoms with Crippen molar-refractivity contribution in [2.75, 3.05) is 19.3 Å². The summed E-state index contributed by atoms with van der Waals surface area (Å²) in [6.45, 7) is 5.50. The van der Waals surface area contributed by atoms with E-state index in [4.69, 9.17) is 0 Å². The maximum Gasteiger partial charge on any atom is 0.315 e. The summed E-state index contributed by atoms with van der Waals surface area (Å²) in [5.74, 6) is 0.599. The van der Waals surface area contributed by atoms with E-state index in [9.17, 15) is 9.59 Å². The molecule has 1 saturated heterocycles. The molecule has 6 nitrogen and oxygen atoms in total. The predicted octanol–water partition coefficient (Wildman–Crippen LogP) is 1.59. The molecule has 1 aliphatic heterocycles. The van der Waals surface area contributed by atoms with Gasteiger partial charge in [-0.05, 0) is 25.1 Å². The molecule has 132 valence electrons. The zero-order valence-electron chi connectivity index (χ0n) is 14.4. The van der Waals surface area contributed by atoms with Gasteiger partial charge in [0.2, 0.25) is 5.91 Å². The van der Waals surface area contributed by atoms with E-state index in [1.54, 1.807) is 0 Å². The summed E-state index contributed by atoms with van der Waals surface area (Å²) in [6.07, 6.45) is 0. The van der Waals surface area contributed by atoms with Gasteiger partial charge in [0.25, 0.3) is 0 Å². The van der Waals surface area contributed by atoms with Gasteiger partial charge in [0.1, 0.15) is 0 Å². The summed E-state index contributed by atoms with van der Waals surface area (Å²) in [5.41, 5.74) is 2.29. The van der Waals surface area contributed by atoms with Crippen LogP contribution in [0.3, 0.4) is 0 Å². The highest BCUT2D eigenvalue weighted by molar-refractivity contribution is 8.00. The first-order valence-electron chi connectivity index (χ1n) is 8.18. The Hall–Kier alpha value is -1.73. The lowest BCUT2D eigenvalue weighted by atomic mass is 10.1. The summed E-state index contributed by atoms with van der Waals surface area (Å²) < 4.78 is 0. The molecular weight excluding hydrogens is 324 g/mol. The molecule has 0 radical (unpaired) electrons. The Morgan fingerprint density at radius 3 is 2.75 bits per heavy atom. The second-order valence-corrected chi connectivity index (χ2v) is 7.25. The van der Waals surface area contributed by atoms with Crippen LogP contribution in [0.2, 0.25) is 0 Å². The molecule has 0 spiro atoms. The minimum atomic E-state index is -0.166. The number of nitrogens with one attached hydrogen (secondary N) is 4. The van der Waals surface area contributed by atoms with Gasteiger partial charge in [-0.25, -0.2) is 4.79 Å². The van der Waals surface area contributed by atoms with Crippen molar-refractivity contribution in [1.82, 2.24) is 21.3 Å². The number of urea groups is 1. The average molecular weight is 350 g/mol. The fourth-order valence-corrected chi connectivity index (χ4v) is 3.58. The molecule has 1 fully saturated rings. The van der Waals surface area contributed by atoms with Crippen molar-refractivity contribution in [3.8, 4) is 0 Å². The molecule has 1 aliphatic rings. The zero-order chi connectivity index (χ0) is 17.5. The molecule has 0 aliphatic carbocycles. The minimum absolute atomic E-state index is 0.0215. The first-order valence-corrected chi connectivity index (χ1v) is 9.23. The van der Waals surface area contributed by atoms with Gasteiger partial charge in [-0.3, -0.25) is 4.79 Å². The molecule has 4 N–H and O–H groups in total. The average Bonchev–Trinajstić information content (AvgIpc) is 2.56. The van der Waals surface area contributed by atoms with Crippen LogP contribution in [0, 0.1) is 5.92 Å². The fourth-order valence-electron chi connectivity index (χ4n) is 2.55. The molecule has 2 unspecified atom stereocenters. The predicted molar refractivity (Wildman–Crippen MR) is 97.7 cm³/mol. The normalized spacial score (nSPS) is 21.5. The number of hydrogen-bond donors (Lipinski definition) is 4. The van der Waals surface area contributed by atoms with Crippen LogP contribution in [0.25, 0.3) is 0 Å². The summed E-state index contributed by atoms with van der Waals surface area (Å²) in [4.78, 5) is 23.5. The molecule has 1 aromatic carbocycles. The van der Waals surface area contributed by atoms with Gasteiger partial charge in [0.15, 0.2) is 0 Å². The highest BCUT2D eigenvalue weighted by Gasteiger charge is 2.25. The van der Waals surface area contributed by atoms with Gasteiger partial charge in [-0.2, -0.15) is 0 Å². The van der Waals surface area contributed by atoms with Crippen LogP contribution < -0.4 is 21.3 Å². The van der Waals surface area contributed by atoms with Crippen LogP contribution in [0.5, 0.6) is 0 Å². The van der Waals surface area contributed by atoms with Gasteiger partial charge in [-0.1, -0.05) is 31.2 Å². The largest absolute Gasteiger partial charge is 0.349 e. The summed E-state index contributed by atoms with van der Waals surface area (Å²) in [6, 6.07) is 8.01. The van der Waals surface area contributed by atoms with Crippen LogP contribution in [0.1, 0.15) is 31.0 Å². The minimum Gasteiger partial charge on any atom is -0.349 e. The number of thioether (sulfide) groups is 1. The summed E-state index contributed by atoms with van der Waals surface area (Å²) >= 11 is 1.47. The van der Waals surface area contributed by atoms with E-state index in [2.05, 4.69) is 40.3 Å². The Morgan fingerprint density at radius 1 is 1.38 bits per heavy atom. The van der Waals surface area contributed by atoms with Crippen LogP contribution >= 0.6 is 11.8 Å². The zero-order valence-corrected chi connectivity index (χ0v) is 15.2. The Morgan fingerprint density at radius 2 is 2.08 bits per heavy atom. The molecule has 0 aromatic heterocycles. The molecule has 3 atom stereocenters. The first-order chi connectivity index (χ1) is 11.5. The van der Waals surface area contributed by atoms with Crippen molar-refractivity contribution < 1.29 is 9.59 Å². The van der Waals surface area contributed by atoms with Gasteiger partial charge < -0.3 is 21.3 Å². The Bertz CT molecular complexity index is 564. The van der Waals surface area contributed by atoms with Gasteiger partial charge in [0.05, 0.1) is 17.2 Å². The topological polar surface area (TPSA) is 82.3 Å². The van der Waals surface area contributed by atoms with Crippen molar-refractivity contribution in [2.45, 2.75) is 31.8 Å². The molecule has 0 bridgehead atoms. The van der Waals surface area contributed by atoms with E-state index in [0.717, 1.165) is 12.1 Å². The smallest absolute Gasteiger partial charge is 0.315 e. The Kier molecular flexibility index (Phi) is 6.93. The number of benzene rings is 1. The molecular formula is C17H26N4O2S. The highest BCUT2D eigenvalue weighted by atomic mass is 32.2. The van der Waals surface area contributed by atoms with Gasteiger partial charge in [0, 0.05) is 19.0 Å². The van der Waals surface area contributed by atoms with E-state index in [-0.39, 0.29) is 29.3 Å². The van der Waals surface area contributed by atoms with E-state index in [0.29, 0.717) is 12.3 Å². The quantitative estimate of drug-likeness (QED) is 0.602. The maximum atomic E-state index is 12.2. The third-order valence-electron chi connectivity index (χ3n) is 4.01. The van der Waals surface area contributed by atoms with Crippen LogP contribution in [-0.2, 0) is 11.3 Å². The second kappa shape index (κ2) is 8.94. The third kappa shape index (κ3) is 5.42. The second-order valence-electron chi connectivity index (χ2n) is 6.12. The molecule has 7 heteroatoms. The highest BCUT2D eigenvalue weighted by Crippen LogP contribution is 2.20. The molecule has 1 aromatic rings. The van der Waals surface area contributed by atoms with E-state index < -0.39 is 0 Å². The molecule has 3 amide bonds. The Balaban J connectivity index is 1.79. The lowest BCUT2D eigenvalue weighted by molar-refractivity contribution is -0.119.